The topological polar surface area (TPSA) is 35.2 Å². The third kappa shape index (κ3) is 2.61. The maximum atomic E-state index is 11.8. The lowest BCUT2D eigenvalue weighted by Gasteiger charge is -2.26. The molecule has 1 aliphatic carbocycles. The van der Waals surface area contributed by atoms with E-state index in [2.05, 4.69) is 0 Å². The average molecular weight is 193 g/mol. The summed E-state index contributed by atoms with van der Waals surface area (Å²) in [5.74, 6) is 0. The summed E-state index contributed by atoms with van der Waals surface area (Å²) in [6.45, 7) is 3.60. The second-order valence-electron chi connectivity index (χ2n) is 4.32. The quantitative estimate of drug-likeness (QED) is 0.741. The molecule has 1 aliphatic rings. The largest absolute Gasteiger partial charge is 0.371 e. The van der Waals surface area contributed by atoms with Gasteiger partial charge in [-0.05, 0) is 18.3 Å². The van der Waals surface area contributed by atoms with Gasteiger partial charge < -0.3 is 10.5 Å². The highest BCUT2D eigenvalue weighted by atomic mass is 19.3. The summed E-state index contributed by atoms with van der Waals surface area (Å²) in [5, 5.41) is 0. The molecule has 0 aliphatic heterocycles. The Labute approximate surface area is 77.4 Å². The molecule has 1 rings (SSSR count). The fourth-order valence-electron chi connectivity index (χ4n) is 1.75. The van der Waals surface area contributed by atoms with Gasteiger partial charge in [0, 0.05) is 6.04 Å². The van der Waals surface area contributed by atoms with Gasteiger partial charge in [-0.15, -0.1) is 0 Å². The van der Waals surface area contributed by atoms with E-state index in [0.717, 1.165) is 12.8 Å². The molecule has 0 saturated heterocycles. The van der Waals surface area contributed by atoms with Crippen molar-refractivity contribution in [1.29, 1.82) is 0 Å². The molecule has 2 nitrogen and oxygen atoms in total. The predicted octanol–water partition coefficient (Wildman–Crippen LogP) is 1.78. The lowest BCUT2D eigenvalue weighted by molar-refractivity contribution is -0.0310. The highest BCUT2D eigenvalue weighted by molar-refractivity contribution is 4.95. The van der Waals surface area contributed by atoms with E-state index < -0.39 is 13.0 Å². The van der Waals surface area contributed by atoms with Gasteiger partial charge in [-0.2, -0.15) is 0 Å². The predicted molar refractivity (Wildman–Crippen MR) is 46.7 cm³/mol. The summed E-state index contributed by atoms with van der Waals surface area (Å²) in [6, 6.07) is -0.119. The van der Waals surface area contributed by atoms with E-state index in [0.29, 0.717) is 0 Å². The fraction of sp³-hybridized carbons (Fsp3) is 1.00. The van der Waals surface area contributed by atoms with Crippen LogP contribution in [0, 0.1) is 5.41 Å². The van der Waals surface area contributed by atoms with Crippen LogP contribution in [0.15, 0.2) is 0 Å². The zero-order valence-electron chi connectivity index (χ0n) is 8.09. The van der Waals surface area contributed by atoms with Crippen molar-refractivity contribution in [3.8, 4) is 0 Å². The van der Waals surface area contributed by atoms with Crippen molar-refractivity contribution in [3.63, 3.8) is 0 Å². The molecule has 1 fully saturated rings. The summed E-state index contributed by atoms with van der Waals surface area (Å²) in [6.07, 6.45) is -0.844. The van der Waals surface area contributed by atoms with E-state index in [-0.39, 0.29) is 17.6 Å². The molecule has 2 N–H and O–H groups in total. The zero-order valence-corrected chi connectivity index (χ0v) is 8.09. The summed E-state index contributed by atoms with van der Waals surface area (Å²) < 4.78 is 28.7. The first-order valence-electron chi connectivity index (χ1n) is 4.59. The molecule has 0 aromatic carbocycles. The fourth-order valence-corrected chi connectivity index (χ4v) is 1.75. The minimum Gasteiger partial charge on any atom is -0.371 e. The summed E-state index contributed by atoms with van der Waals surface area (Å²) >= 11 is 0. The molecule has 78 valence electrons. The van der Waals surface area contributed by atoms with Gasteiger partial charge in [0.25, 0.3) is 6.43 Å². The summed E-state index contributed by atoms with van der Waals surface area (Å²) in [7, 11) is 0. The maximum Gasteiger partial charge on any atom is 0.261 e. The molecule has 0 spiro atoms. The Hall–Kier alpha value is -0.220. The Morgan fingerprint density at radius 3 is 2.54 bits per heavy atom. The first-order chi connectivity index (χ1) is 5.93. The van der Waals surface area contributed by atoms with Crippen molar-refractivity contribution < 1.29 is 13.5 Å². The van der Waals surface area contributed by atoms with Gasteiger partial charge in [-0.25, -0.2) is 8.78 Å². The van der Waals surface area contributed by atoms with Gasteiger partial charge in [0.2, 0.25) is 0 Å². The normalized spacial score (nSPS) is 32.8. The van der Waals surface area contributed by atoms with Gasteiger partial charge in [0.15, 0.2) is 0 Å². The Bertz CT molecular complexity index is 173. The van der Waals surface area contributed by atoms with E-state index in [4.69, 9.17) is 10.5 Å². The standard InChI is InChI=1S/C9H17F2NO/c1-9(2)4-3-6(8(9)12)13-5-7(10)11/h6-8H,3-5,12H2,1-2H3. The highest BCUT2D eigenvalue weighted by Gasteiger charge is 2.40. The molecular weight excluding hydrogens is 176 g/mol. The first kappa shape index (κ1) is 10.9. The van der Waals surface area contributed by atoms with Crippen LogP contribution in [0.5, 0.6) is 0 Å². The number of hydrogen-bond acceptors (Lipinski definition) is 2. The second kappa shape index (κ2) is 3.88. The van der Waals surface area contributed by atoms with Crippen LogP contribution in [0.4, 0.5) is 8.78 Å². The minimum absolute atomic E-state index is 0.0206. The van der Waals surface area contributed by atoms with Crippen molar-refractivity contribution in [1.82, 2.24) is 0 Å². The number of halogens is 2. The maximum absolute atomic E-state index is 11.8. The third-order valence-corrected chi connectivity index (χ3v) is 2.81. The van der Waals surface area contributed by atoms with Gasteiger partial charge in [-0.3, -0.25) is 0 Å². The molecule has 2 unspecified atom stereocenters. The van der Waals surface area contributed by atoms with Gasteiger partial charge in [0.05, 0.1) is 6.10 Å². The van der Waals surface area contributed by atoms with Crippen molar-refractivity contribution >= 4 is 0 Å². The van der Waals surface area contributed by atoms with E-state index in [1.165, 1.54) is 0 Å². The Morgan fingerprint density at radius 1 is 1.54 bits per heavy atom. The van der Waals surface area contributed by atoms with Crippen LogP contribution < -0.4 is 5.73 Å². The molecule has 2 atom stereocenters. The first-order valence-corrected chi connectivity index (χ1v) is 4.59. The molecule has 0 amide bonds. The lowest BCUT2D eigenvalue weighted by Crippen LogP contribution is -2.41. The molecule has 0 aromatic rings. The summed E-state index contributed by atoms with van der Waals surface area (Å²) in [5.41, 5.74) is 5.89. The average Bonchev–Trinajstić information content (AvgIpc) is 2.25. The minimum atomic E-state index is -2.39. The molecular formula is C9H17F2NO. The molecule has 4 heteroatoms. The van der Waals surface area contributed by atoms with Crippen LogP contribution in [-0.2, 0) is 4.74 Å². The molecule has 13 heavy (non-hydrogen) atoms. The lowest BCUT2D eigenvalue weighted by atomic mass is 9.88. The van der Waals surface area contributed by atoms with E-state index >= 15 is 0 Å². The van der Waals surface area contributed by atoms with Crippen molar-refractivity contribution in [3.05, 3.63) is 0 Å². The number of hydrogen-bond donors (Lipinski definition) is 1. The summed E-state index contributed by atoms with van der Waals surface area (Å²) in [4.78, 5) is 0. The molecule has 0 bridgehead atoms. The van der Waals surface area contributed by atoms with E-state index in [9.17, 15) is 8.78 Å². The van der Waals surface area contributed by atoms with Crippen molar-refractivity contribution in [2.45, 2.75) is 45.3 Å². The molecule has 0 radical (unpaired) electrons. The molecule has 1 saturated carbocycles. The smallest absolute Gasteiger partial charge is 0.261 e. The Kier molecular flexibility index (Phi) is 3.24. The van der Waals surface area contributed by atoms with Crippen LogP contribution in [0.3, 0.4) is 0 Å². The monoisotopic (exact) mass is 193 g/mol. The van der Waals surface area contributed by atoms with Crippen LogP contribution in [0.2, 0.25) is 0 Å². The molecule has 0 aromatic heterocycles. The Balaban J connectivity index is 2.37. The number of alkyl halides is 2. The van der Waals surface area contributed by atoms with Crippen LogP contribution >= 0.6 is 0 Å². The van der Waals surface area contributed by atoms with Crippen LogP contribution in [-0.4, -0.2) is 25.2 Å². The third-order valence-electron chi connectivity index (χ3n) is 2.81. The van der Waals surface area contributed by atoms with E-state index in [1.807, 2.05) is 13.8 Å². The molecule has 0 heterocycles. The van der Waals surface area contributed by atoms with Crippen LogP contribution in [0.25, 0.3) is 0 Å². The van der Waals surface area contributed by atoms with Gasteiger partial charge in [0.1, 0.15) is 6.61 Å². The Morgan fingerprint density at radius 2 is 2.15 bits per heavy atom. The number of rotatable bonds is 3. The van der Waals surface area contributed by atoms with Crippen LogP contribution in [0.1, 0.15) is 26.7 Å². The zero-order chi connectivity index (χ0) is 10.1. The van der Waals surface area contributed by atoms with Crippen molar-refractivity contribution in [2.24, 2.45) is 11.1 Å². The van der Waals surface area contributed by atoms with Gasteiger partial charge in [-0.1, -0.05) is 13.8 Å². The highest BCUT2D eigenvalue weighted by Crippen LogP contribution is 2.37. The second-order valence-corrected chi connectivity index (χ2v) is 4.32. The van der Waals surface area contributed by atoms with Gasteiger partial charge >= 0.3 is 0 Å². The SMILES string of the molecule is CC1(C)CCC(OCC(F)F)C1N. The number of nitrogens with two attached hydrogens (primary N) is 1. The van der Waals surface area contributed by atoms with E-state index in [1.54, 1.807) is 0 Å². The van der Waals surface area contributed by atoms with Crippen molar-refractivity contribution in [2.75, 3.05) is 6.61 Å². The number of ether oxygens (including phenoxy) is 1.